The third kappa shape index (κ3) is 4.15. The van der Waals surface area contributed by atoms with Gasteiger partial charge in [-0.15, -0.1) is 0 Å². The topological polar surface area (TPSA) is 60.4 Å². The Morgan fingerprint density at radius 2 is 1.78 bits per heavy atom. The Morgan fingerprint density at radius 3 is 2.47 bits per heavy atom. The summed E-state index contributed by atoms with van der Waals surface area (Å²) in [5.74, 6) is 2.66. The zero-order valence-corrected chi connectivity index (χ0v) is 23.4. The Morgan fingerprint density at radius 1 is 1.06 bits per heavy atom. The van der Waals surface area contributed by atoms with Crippen LogP contribution in [0, 0.1) is 47.3 Å². The first kappa shape index (κ1) is 25.9. The van der Waals surface area contributed by atoms with E-state index in [4.69, 9.17) is 4.18 Å². The molecule has 0 saturated heterocycles. The fourth-order valence-electron chi connectivity index (χ4n) is 8.62. The van der Waals surface area contributed by atoms with Gasteiger partial charge >= 0.3 is 0 Å². The summed E-state index contributed by atoms with van der Waals surface area (Å²) in [6, 6.07) is 6.89. The minimum Gasteiger partial charge on any atom is -0.295 e. The second-order valence-corrected chi connectivity index (χ2v) is 14.2. The van der Waals surface area contributed by atoms with E-state index in [0.717, 1.165) is 24.8 Å². The van der Waals surface area contributed by atoms with Crippen LogP contribution in [0.25, 0.3) is 0 Å². The van der Waals surface area contributed by atoms with Crippen molar-refractivity contribution < 1.29 is 17.4 Å². The van der Waals surface area contributed by atoms with E-state index in [2.05, 4.69) is 33.8 Å². The van der Waals surface area contributed by atoms with Crippen LogP contribution in [0.15, 0.2) is 52.5 Å². The van der Waals surface area contributed by atoms with E-state index in [1.54, 1.807) is 12.1 Å². The van der Waals surface area contributed by atoms with Crippen LogP contribution < -0.4 is 0 Å². The van der Waals surface area contributed by atoms with Crippen LogP contribution in [0.2, 0.25) is 0 Å². The van der Waals surface area contributed by atoms with Crippen LogP contribution in [0.4, 0.5) is 0 Å². The lowest BCUT2D eigenvalue weighted by Gasteiger charge is -2.57. The predicted molar refractivity (Wildman–Crippen MR) is 143 cm³/mol. The molecule has 4 nitrogen and oxygen atoms in total. The minimum atomic E-state index is -3.75. The quantitative estimate of drug-likeness (QED) is 0.385. The SMILES string of the molecule is CCC1=C[C@H]2[C@@H]3CC[C@H]([C@H](C)COS(=O)(=O)c4ccc(C)cc4)[C@@]3(C)CC[C@@H]2[C@@]2(C)CCC(=O)C=C12. The van der Waals surface area contributed by atoms with Gasteiger partial charge in [0.15, 0.2) is 5.78 Å². The standard InChI is InChI=1S/C31H42O4S/c1-6-22-17-25-27-12-11-26(21(3)19-35-36(33,34)24-9-7-20(2)8-10-24)30(27,4)16-14-28(25)31(5)15-13-23(32)18-29(22)31/h7-10,17-18,21,25-28H,6,11-16,19H2,1-5H3/t21-,25+,26-,27+,28+,30-,31-/m1/s1. The summed E-state index contributed by atoms with van der Waals surface area (Å²) in [5.41, 5.74) is 4.04. The first-order chi connectivity index (χ1) is 17.0. The number of rotatable bonds is 6. The van der Waals surface area contributed by atoms with Crippen molar-refractivity contribution in [2.24, 2.45) is 40.4 Å². The molecule has 0 aliphatic heterocycles. The first-order valence-electron chi connectivity index (χ1n) is 13.9. The van der Waals surface area contributed by atoms with E-state index in [-0.39, 0.29) is 34.0 Å². The molecule has 4 aliphatic rings. The van der Waals surface area contributed by atoms with Crippen LogP contribution >= 0.6 is 0 Å². The Balaban J connectivity index is 1.36. The smallest absolute Gasteiger partial charge is 0.295 e. The number of hydrogen-bond donors (Lipinski definition) is 0. The summed E-state index contributed by atoms with van der Waals surface area (Å²) in [6.45, 7) is 11.5. The lowest BCUT2D eigenvalue weighted by Crippen LogP contribution is -2.50. The summed E-state index contributed by atoms with van der Waals surface area (Å²) in [4.78, 5) is 12.5. The molecule has 7 atom stereocenters. The maximum absolute atomic E-state index is 12.8. The van der Waals surface area contributed by atoms with Gasteiger partial charge in [-0.1, -0.05) is 51.5 Å². The predicted octanol–water partition coefficient (Wildman–Crippen LogP) is 7.04. The van der Waals surface area contributed by atoms with E-state index in [9.17, 15) is 13.2 Å². The van der Waals surface area contributed by atoms with E-state index in [1.807, 2.05) is 25.1 Å². The van der Waals surface area contributed by atoms with Gasteiger partial charge in [0.05, 0.1) is 11.5 Å². The fraction of sp³-hybridized carbons (Fsp3) is 0.645. The number of carbonyl (C=O) groups is 1. The first-order valence-corrected chi connectivity index (χ1v) is 15.3. The molecule has 0 radical (unpaired) electrons. The minimum absolute atomic E-state index is 0.106. The Kier molecular flexibility index (Phi) is 6.65. The molecule has 0 amide bonds. The second kappa shape index (κ2) is 9.23. The third-order valence-electron chi connectivity index (χ3n) is 10.6. The molecule has 0 unspecified atom stereocenters. The maximum atomic E-state index is 12.8. The number of benzene rings is 1. The normalized spacial score (nSPS) is 36.9. The summed E-state index contributed by atoms with van der Waals surface area (Å²) in [6.07, 6.45) is 11.8. The number of aryl methyl sites for hydroxylation is 1. The Labute approximate surface area is 217 Å². The molecular formula is C31H42O4S. The highest BCUT2D eigenvalue weighted by Crippen LogP contribution is 2.67. The lowest BCUT2D eigenvalue weighted by atomic mass is 9.47. The van der Waals surface area contributed by atoms with Crippen molar-refractivity contribution in [2.75, 3.05) is 6.61 Å². The van der Waals surface area contributed by atoms with E-state index >= 15 is 0 Å². The zero-order chi connectivity index (χ0) is 25.9. The van der Waals surface area contributed by atoms with Crippen LogP contribution in [-0.2, 0) is 19.1 Å². The number of carbonyl (C=O) groups excluding carboxylic acids is 1. The molecule has 0 aromatic heterocycles. The lowest BCUT2D eigenvalue weighted by molar-refractivity contribution is -0.116. The van der Waals surface area contributed by atoms with Gasteiger partial charge in [-0.2, -0.15) is 8.42 Å². The Hall–Kier alpha value is -1.72. The summed E-state index contributed by atoms with van der Waals surface area (Å²) in [7, 11) is -3.75. The highest BCUT2D eigenvalue weighted by Gasteiger charge is 2.59. The van der Waals surface area contributed by atoms with Gasteiger partial charge < -0.3 is 0 Å². The average molecular weight is 511 g/mol. The molecule has 1 aromatic carbocycles. The van der Waals surface area contributed by atoms with E-state index in [1.165, 1.54) is 30.4 Å². The molecule has 0 heterocycles. The van der Waals surface area contributed by atoms with Crippen molar-refractivity contribution >= 4 is 15.9 Å². The van der Waals surface area contributed by atoms with Crippen LogP contribution in [-0.4, -0.2) is 20.8 Å². The van der Waals surface area contributed by atoms with Crippen molar-refractivity contribution in [2.45, 2.75) is 84.5 Å². The van der Waals surface area contributed by atoms with Crippen molar-refractivity contribution in [1.29, 1.82) is 0 Å². The van der Waals surface area contributed by atoms with Gasteiger partial charge in [-0.05, 0) is 115 Å². The molecular weight excluding hydrogens is 468 g/mol. The van der Waals surface area contributed by atoms with Crippen LogP contribution in [0.1, 0.15) is 78.2 Å². The molecule has 1 aromatic rings. The van der Waals surface area contributed by atoms with Gasteiger partial charge in [0.2, 0.25) is 0 Å². The van der Waals surface area contributed by atoms with Crippen LogP contribution in [0.3, 0.4) is 0 Å². The van der Waals surface area contributed by atoms with Gasteiger partial charge in [-0.3, -0.25) is 8.98 Å². The summed E-state index contributed by atoms with van der Waals surface area (Å²) in [5, 5.41) is 0. The number of hydrogen-bond acceptors (Lipinski definition) is 4. The van der Waals surface area contributed by atoms with Crippen molar-refractivity contribution in [3.05, 3.63) is 53.1 Å². The van der Waals surface area contributed by atoms with E-state index < -0.39 is 10.1 Å². The molecule has 4 aliphatic carbocycles. The summed E-state index contributed by atoms with van der Waals surface area (Å²) < 4.78 is 31.2. The highest BCUT2D eigenvalue weighted by molar-refractivity contribution is 7.86. The summed E-state index contributed by atoms with van der Waals surface area (Å²) >= 11 is 0. The highest BCUT2D eigenvalue weighted by atomic mass is 32.2. The molecule has 0 N–H and O–H groups in total. The molecule has 5 rings (SSSR count). The van der Waals surface area contributed by atoms with Gasteiger partial charge in [0, 0.05) is 6.42 Å². The zero-order valence-electron chi connectivity index (χ0n) is 22.5. The number of fused-ring (bicyclic) bond motifs is 5. The molecule has 5 heteroatoms. The molecule has 196 valence electrons. The van der Waals surface area contributed by atoms with Crippen LogP contribution in [0.5, 0.6) is 0 Å². The monoisotopic (exact) mass is 510 g/mol. The van der Waals surface area contributed by atoms with Crippen molar-refractivity contribution in [1.82, 2.24) is 0 Å². The average Bonchev–Trinajstić information content (AvgIpc) is 3.20. The molecule has 36 heavy (non-hydrogen) atoms. The fourth-order valence-corrected chi connectivity index (χ4v) is 9.62. The van der Waals surface area contributed by atoms with Gasteiger partial charge in [-0.25, -0.2) is 0 Å². The van der Waals surface area contributed by atoms with Crippen molar-refractivity contribution in [3.63, 3.8) is 0 Å². The third-order valence-corrected chi connectivity index (χ3v) is 11.9. The number of allylic oxidation sites excluding steroid dienone is 4. The number of ketones is 1. The molecule has 2 fully saturated rings. The van der Waals surface area contributed by atoms with Crippen molar-refractivity contribution in [3.8, 4) is 0 Å². The Bertz CT molecular complexity index is 1190. The van der Waals surface area contributed by atoms with Gasteiger partial charge in [0.1, 0.15) is 0 Å². The van der Waals surface area contributed by atoms with E-state index in [0.29, 0.717) is 30.1 Å². The molecule has 0 spiro atoms. The largest absolute Gasteiger partial charge is 0.296 e. The molecule has 2 saturated carbocycles. The maximum Gasteiger partial charge on any atom is 0.296 e. The molecule has 0 bridgehead atoms. The second-order valence-electron chi connectivity index (χ2n) is 12.5. The van der Waals surface area contributed by atoms with Gasteiger partial charge in [0.25, 0.3) is 10.1 Å².